The minimum atomic E-state index is 0.0922. The van der Waals surface area contributed by atoms with E-state index in [1.165, 1.54) is 16.7 Å². The molecule has 0 saturated carbocycles. The highest BCUT2D eigenvalue weighted by molar-refractivity contribution is 7.17. The number of hydrogen-bond donors (Lipinski definition) is 0. The van der Waals surface area contributed by atoms with Gasteiger partial charge in [-0.15, -0.1) is 11.3 Å². The zero-order chi connectivity index (χ0) is 22.4. The first kappa shape index (κ1) is 21.1. The lowest BCUT2D eigenvalue weighted by molar-refractivity contribution is 0.219. The van der Waals surface area contributed by atoms with Gasteiger partial charge >= 0.3 is 0 Å². The Kier molecular flexibility index (Phi) is 5.48. The van der Waals surface area contributed by atoms with Crippen LogP contribution in [0.25, 0.3) is 32.7 Å². The molecule has 2 aromatic heterocycles. The van der Waals surface area contributed by atoms with E-state index in [-0.39, 0.29) is 11.6 Å². The average molecular weight is 444 g/mol. The van der Waals surface area contributed by atoms with E-state index in [0.717, 1.165) is 58.7 Å². The minimum Gasteiger partial charge on any atom is -0.306 e. The molecule has 32 heavy (non-hydrogen) atoms. The first-order valence-corrected chi connectivity index (χ1v) is 12.2. The predicted octanol–water partition coefficient (Wildman–Crippen LogP) is 5.98. The number of likely N-dealkylation sites (tertiary alicyclic amines) is 1. The van der Waals surface area contributed by atoms with Gasteiger partial charge in [0.05, 0.1) is 5.39 Å². The van der Waals surface area contributed by atoms with Gasteiger partial charge in [0.2, 0.25) is 0 Å². The third-order valence-electron chi connectivity index (χ3n) is 6.82. The van der Waals surface area contributed by atoms with Crippen LogP contribution < -0.4 is 5.56 Å². The number of rotatable bonds is 3. The van der Waals surface area contributed by atoms with Gasteiger partial charge in [-0.1, -0.05) is 48.0 Å². The van der Waals surface area contributed by atoms with E-state index in [2.05, 4.69) is 80.6 Å². The Morgan fingerprint density at radius 2 is 1.62 bits per heavy atom. The summed E-state index contributed by atoms with van der Waals surface area (Å²) in [6.45, 7) is 8.32. The molecule has 0 spiro atoms. The van der Waals surface area contributed by atoms with Gasteiger partial charge < -0.3 is 4.90 Å². The second-order valence-electron chi connectivity index (χ2n) is 9.14. The molecule has 1 aliphatic heterocycles. The predicted molar refractivity (Wildman–Crippen MR) is 135 cm³/mol. The lowest BCUT2D eigenvalue weighted by atomic mass is 10.00. The van der Waals surface area contributed by atoms with Crippen LogP contribution in [0.4, 0.5) is 0 Å². The maximum Gasteiger partial charge on any atom is 0.263 e. The van der Waals surface area contributed by atoms with Crippen LogP contribution in [0.3, 0.4) is 0 Å². The molecular weight excluding hydrogens is 414 g/mol. The summed E-state index contributed by atoms with van der Waals surface area (Å²) in [5.41, 5.74) is 6.90. The number of aromatic nitrogens is 2. The van der Waals surface area contributed by atoms with E-state index < -0.39 is 0 Å². The van der Waals surface area contributed by atoms with Gasteiger partial charge in [0.25, 0.3) is 5.56 Å². The second kappa shape index (κ2) is 8.30. The number of aryl methyl sites for hydroxylation is 3. The maximum atomic E-state index is 14.1. The number of piperidine rings is 1. The molecule has 0 N–H and O–H groups in total. The van der Waals surface area contributed by atoms with Crippen molar-refractivity contribution in [2.24, 2.45) is 0 Å². The quantitative estimate of drug-likeness (QED) is 0.391. The molecule has 3 heterocycles. The van der Waals surface area contributed by atoms with Gasteiger partial charge in [-0.3, -0.25) is 9.36 Å². The summed E-state index contributed by atoms with van der Waals surface area (Å²) in [5, 5.41) is 2.86. The van der Waals surface area contributed by atoms with Crippen LogP contribution in [0.1, 0.15) is 35.6 Å². The van der Waals surface area contributed by atoms with Crippen molar-refractivity contribution in [3.8, 4) is 22.5 Å². The lowest BCUT2D eigenvalue weighted by Gasteiger charge is -2.31. The van der Waals surface area contributed by atoms with Crippen LogP contribution in [0.2, 0.25) is 0 Å². The Morgan fingerprint density at radius 1 is 0.938 bits per heavy atom. The Morgan fingerprint density at radius 3 is 2.31 bits per heavy atom. The zero-order valence-electron chi connectivity index (χ0n) is 19.2. The topological polar surface area (TPSA) is 38.1 Å². The molecular formula is C27H29N3OS. The average Bonchev–Trinajstić information content (AvgIpc) is 3.21. The van der Waals surface area contributed by atoms with Crippen molar-refractivity contribution in [2.45, 2.75) is 39.7 Å². The Balaban J connectivity index is 1.75. The Bertz CT molecular complexity index is 1340. The van der Waals surface area contributed by atoms with E-state index in [9.17, 15) is 4.79 Å². The number of thiophene rings is 1. The maximum absolute atomic E-state index is 14.1. The molecule has 4 aromatic rings. The van der Waals surface area contributed by atoms with E-state index in [4.69, 9.17) is 4.98 Å². The first-order chi connectivity index (χ1) is 15.4. The van der Waals surface area contributed by atoms with Crippen LogP contribution in [0, 0.1) is 20.8 Å². The summed E-state index contributed by atoms with van der Waals surface area (Å²) >= 11 is 1.57. The highest BCUT2D eigenvalue weighted by atomic mass is 32.1. The lowest BCUT2D eigenvalue weighted by Crippen LogP contribution is -2.36. The Labute approximate surface area is 193 Å². The van der Waals surface area contributed by atoms with Crippen molar-refractivity contribution in [1.82, 2.24) is 14.5 Å². The SMILES string of the molecule is Cc1ccc(-c2nc3scc(-c4ccc(C)c(C)c4)c3c(=O)n2C2CCN(C)CC2)cc1. The molecule has 1 aliphatic rings. The van der Waals surface area contributed by atoms with Crippen LogP contribution in [-0.4, -0.2) is 34.6 Å². The number of nitrogens with zero attached hydrogens (tertiary/aromatic N) is 3. The molecule has 5 rings (SSSR count). The minimum absolute atomic E-state index is 0.0922. The summed E-state index contributed by atoms with van der Waals surface area (Å²) in [6, 6.07) is 15.0. The van der Waals surface area contributed by atoms with Gasteiger partial charge in [-0.2, -0.15) is 0 Å². The fourth-order valence-corrected chi connectivity index (χ4v) is 5.56. The van der Waals surface area contributed by atoms with E-state index >= 15 is 0 Å². The highest BCUT2D eigenvalue weighted by Crippen LogP contribution is 2.35. The molecule has 4 nitrogen and oxygen atoms in total. The van der Waals surface area contributed by atoms with Crippen LogP contribution in [0.5, 0.6) is 0 Å². The smallest absolute Gasteiger partial charge is 0.263 e. The standard InChI is InChI=1S/C27H29N3OS/c1-17-5-8-20(9-6-17)25-28-26-24(27(31)30(25)22-11-13-29(4)14-12-22)23(16-32-26)21-10-7-18(2)19(3)15-21/h5-10,15-16,22H,11-14H2,1-4H3. The summed E-state index contributed by atoms with van der Waals surface area (Å²) < 4.78 is 2.00. The normalized spacial score (nSPS) is 15.5. The van der Waals surface area contributed by atoms with E-state index in [1.54, 1.807) is 11.3 Å². The zero-order valence-corrected chi connectivity index (χ0v) is 20.0. The molecule has 0 unspecified atom stereocenters. The fourth-order valence-electron chi connectivity index (χ4n) is 4.62. The van der Waals surface area contributed by atoms with Crippen molar-refractivity contribution >= 4 is 21.6 Å². The van der Waals surface area contributed by atoms with E-state index in [0.29, 0.717) is 0 Å². The largest absolute Gasteiger partial charge is 0.306 e. The number of benzene rings is 2. The van der Waals surface area contributed by atoms with Crippen molar-refractivity contribution in [1.29, 1.82) is 0 Å². The second-order valence-corrected chi connectivity index (χ2v) is 10.00. The van der Waals surface area contributed by atoms with Crippen molar-refractivity contribution < 1.29 is 0 Å². The van der Waals surface area contributed by atoms with Gasteiger partial charge in [-0.05, 0) is 70.4 Å². The summed E-state index contributed by atoms with van der Waals surface area (Å²) in [7, 11) is 2.15. The van der Waals surface area contributed by atoms with Crippen molar-refractivity contribution in [2.75, 3.05) is 20.1 Å². The number of hydrogen-bond acceptors (Lipinski definition) is 4. The Hall–Kier alpha value is -2.76. The molecule has 2 aromatic carbocycles. The first-order valence-electron chi connectivity index (χ1n) is 11.3. The van der Waals surface area contributed by atoms with Crippen LogP contribution in [-0.2, 0) is 0 Å². The summed E-state index contributed by atoms with van der Waals surface area (Å²) in [5.74, 6) is 0.797. The van der Waals surface area contributed by atoms with Gasteiger partial charge in [0.15, 0.2) is 0 Å². The summed E-state index contributed by atoms with van der Waals surface area (Å²) in [4.78, 5) is 22.3. The van der Waals surface area contributed by atoms with Gasteiger partial charge in [0.1, 0.15) is 10.7 Å². The molecule has 0 amide bonds. The summed E-state index contributed by atoms with van der Waals surface area (Å²) in [6.07, 6.45) is 1.93. The van der Waals surface area contributed by atoms with Crippen LogP contribution in [0.15, 0.2) is 52.6 Å². The van der Waals surface area contributed by atoms with Crippen molar-refractivity contribution in [3.63, 3.8) is 0 Å². The third-order valence-corrected chi connectivity index (χ3v) is 7.69. The fraction of sp³-hybridized carbons (Fsp3) is 0.333. The number of fused-ring (bicyclic) bond motifs is 1. The molecule has 1 fully saturated rings. The molecule has 0 bridgehead atoms. The van der Waals surface area contributed by atoms with E-state index in [1.807, 2.05) is 4.57 Å². The van der Waals surface area contributed by atoms with Crippen molar-refractivity contribution in [3.05, 3.63) is 74.9 Å². The van der Waals surface area contributed by atoms with Crippen LogP contribution >= 0.6 is 11.3 Å². The molecule has 5 heteroatoms. The molecule has 164 valence electrons. The third kappa shape index (κ3) is 3.70. The van der Waals surface area contributed by atoms with Gasteiger partial charge in [-0.25, -0.2) is 4.98 Å². The molecule has 0 radical (unpaired) electrons. The van der Waals surface area contributed by atoms with Gasteiger partial charge in [0, 0.05) is 22.5 Å². The molecule has 0 atom stereocenters. The highest BCUT2D eigenvalue weighted by Gasteiger charge is 2.25. The monoisotopic (exact) mass is 443 g/mol. The molecule has 0 aliphatic carbocycles. The molecule has 1 saturated heterocycles.